The van der Waals surface area contributed by atoms with Crippen molar-refractivity contribution in [2.75, 3.05) is 25.1 Å². The monoisotopic (exact) mass is 267 g/mol. The van der Waals surface area contributed by atoms with Crippen molar-refractivity contribution in [1.29, 1.82) is 0 Å². The summed E-state index contributed by atoms with van der Waals surface area (Å²) in [5.74, 6) is -0.309. The highest BCUT2D eigenvalue weighted by Crippen LogP contribution is 2.33. The fourth-order valence-corrected chi connectivity index (χ4v) is 2.38. The number of ether oxygens (including phenoxy) is 1. The van der Waals surface area contributed by atoms with Gasteiger partial charge in [-0.05, 0) is 19.8 Å². The van der Waals surface area contributed by atoms with Crippen LogP contribution in [0.2, 0.25) is 0 Å². The number of carbonyl (C=O) groups is 1. The second-order valence-corrected chi connectivity index (χ2v) is 4.98. The number of anilines is 1. The molecule has 7 heteroatoms. The molecule has 0 aromatic carbocycles. The quantitative estimate of drug-likeness (QED) is 0.826. The van der Waals surface area contributed by atoms with E-state index in [1.807, 2.05) is 0 Å². The molecule has 0 saturated carbocycles. The fraction of sp³-hybridized carbons (Fsp3) is 0.583. The minimum absolute atomic E-state index is 0.122. The molecule has 0 amide bonds. The molecule has 2 rings (SSSR count). The molecular formula is C12H17N3O4. The summed E-state index contributed by atoms with van der Waals surface area (Å²) in [6, 6.07) is 0. The van der Waals surface area contributed by atoms with E-state index in [-0.39, 0.29) is 11.3 Å². The van der Waals surface area contributed by atoms with Gasteiger partial charge >= 0.3 is 5.97 Å². The number of carboxylic acids is 1. The second-order valence-electron chi connectivity index (χ2n) is 4.98. The van der Waals surface area contributed by atoms with Crippen molar-refractivity contribution in [2.24, 2.45) is 5.41 Å². The summed E-state index contributed by atoms with van der Waals surface area (Å²) in [5, 5.41) is 9.30. The van der Waals surface area contributed by atoms with Gasteiger partial charge in [0.15, 0.2) is 5.82 Å². The summed E-state index contributed by atoms with van der Waals surface area (Å²) in [4.78, 5) is 31.3. The van der Waals surface area contributed by atoms with Crippen molar-refractivity contribution < 1.29 is 14.6 Å². The SMILES string of the molecule is COc1c(N2CCCC(C)(C(=O)O)C2)nc[nH]c1=O. The zero-order valence-corrected chi connectivity index (χ0v) is 11.0. The predicted molar refractivity (Wildman–Crippen MR) is 68.6 cm³/mol. The smallest absolute Gasteiger partial charge is 0.311 e. The maximum absolute atomic E-state index is 11.6. The van der Waals surface area contributed by atoms with Crippen molar-refractivity contribution in [3.05, 3.63) is 16.7 Å². The van der Waals surface area contributed by atoms with Crippen LogP contribution in [-0.2, 0) is 4.79 Å². The van der Waals surface area contributed by atoms with Crippen LogP contribution >= 0.6 is 0 Å². The molecule has 0 aliphatic carbocycles. The first-order chi connectivity index (χ1) is 8.98. The van der Waals surface area contributed by atoms with E-state index in [0.29, 0.717) is 25.3 Å². The Morgan fingerprint density at radius 2 is 2.37 bits per heavy atom. The first kappa shape index (κ1) is 13.4. The number of nitrogens with one attached hydrogen (secondary N) is 1. The molecule has 2 heterocycles. The number of aliphatic carboxylic acids is 1. The maximum atomic E-state index is 11.6. The van der Waals surface area contributed by atoms with Crippen LogP contribution in [0.25, 0.3) is 0 Å². The zero-order chi connectivity index (χ0) is 14.0. The Morgan fingerprint density at radius 1 is 1.63 bits per heavy atom. The lowest BCUT2D eigenvalue weighted by Crippen LogP contribution is -2.46. The van der Waals surface area contributed by atoms with E-state index in [0.717, 1.165) is 6.42 Å². The van der Waals surface area contributed by atoms with E-state index in [9.17, 15) is 14.7 Å². The van der Waals surface area contributed by atoms with Crippen LogP contribution in [-0.4, -0.2) is 41.2 Å². The molecule has 1 saturated heterocycles. The van der Waals surface area contributed by atoms with E-state index in [2.05, 4.69) is 9.97 Å². The number of carboxylic acid groups (broad SMARTS) is 1. The number of H-pyrrole nitrogens is 1. The third-order valence-corrected chi connectivity index (χ3v) is 3.51. The molecule has 1 aromatic rings. The van der Waals surface area contributed by atoms with Crippen LogP contribution in [0.5, 0.6) is 5.75 Å². The molecule has 0 radical (unpaired) electrons. The molecule has 0 spiro atoms. The maximum Gasteiger partial charge on any atom is 0.311 e. The van der Waals surface area contributed by atoms with E-state index in [1.165, 1.54) is 13.4 Å². The van der Waals surface area contributed by atoms with Crippen molar-refractivity contribution in [2.45, 2.75) is 19.8 Å². The summed E-state index contributed by atoms with van der Waals surface area (Å²) in [5.41, 5.74) is -1.19. The Balaban J connectivity index is 2.35. The highest BCUT2D eigenvalue weighted by molar-refractivity contribution is 5.75. The first-order valence-corrected chi connectivity index (χ1v) is 6.08. The molecule has 1 unspecified atom stereocenters. The average molecular weight is 267 g/mol. The lowest BCUT2D eigenvalue weighted by Gasteiger charge is -2.38. The van der Waals surface area contributed by atoms with Crippen molar-refractivity contribution in [1.82, 2.24) is 9.97 Å². The molecule has 1 aromatic heterocycles. The van der Waals surface area contributed by atoms with Gasteiger partial charge in [0.1, 0.15) is 0 Å². The van der Waals surface area contributed by atoms with Gasteiger partial charge in [0, 0.05) is 13.1 Å². The third kappa shape index (κ3) is 2.40. The summed E-state index contributed by atoms with van der Waals surface area (Å²) >= 11 is 0. The van der Waals surface area contributed by atoms with E-state index < -0.39 is 11.4 Å². The van der Waals surface area contributed by atoms with Crippen LogP contribution in [0, 0.1) is 5.41 Å². The molecule has 1 atom stereocenters. The minimum atomic E-state index is -0.832. The Hall–Kier alpha value is -2.05. The Morgan fingerprint density at radius 3 is 3.00 bits per heavy atom. The number of hydrogen-bond donors (Lipinski definition) is 2. The number of methoxy groups -OCH3 is 1. The van der Waals surface area contributed by atoms with Crippen LogP contribution < -0.4 is 15.2 Å². The lowest BCUT2D eigenvalue weighted by molar-refractivity contribution is -0.148. The standard InChI is InChI=1S/C12H17N3O4/c1-12(11(17)18)4-3-5-15(6-12)9-8(19-2)10(16)14-7-13-9/h7H,3-6H2,1-2H3,(H,17,18)(H,13,14,16). The molecule has 104 valence electrons. The van der Waals surface area contributed by atoms with Crippen molar-refractivity contribution >= 4 is 11.8 Å². The molecule has 1 fully saturated rings. The van der Waals surface area contributed by atoms with Gasteiger partial charge in [-0.1, -0.05) is 0 Å². The number of aromatic amines is 1. The van der Waals surface area contributed by atoms with Gasteiger partial charge in [-0.2, -0.15) is 0 Å². The van der Waals surface area contributed by atoms with Gasteiger partial charge < -0.3 is 19.7 Å². The highest BCUT2D eigenvalue weighted by atomic mass is 16.5. The molecule has 19 heavy (non-hydrogen) atoms. The summed E-state index contributed by atoms with van der Waals surface area (Å²) in [6.07, 6.45) is 2.65. The Kier molecular flexibility index (Phi) is 3.46. The molecule has 1 aliphatic heterocycles. The van der Waals surface area contributed by atoms with Crippen molar-refractivity contribution in [3.63, 3.8) is 0 Å². The summed E-state index contributed by atoms with van der Waals surface area (Å²) in [7, 11) is 1.40. The molecule has 1 aliphatic rings. The fourth-order valence-electron chi connectivity index (χ4n) is 2.38. The average Bonchev–Trinajstić information content (AvgIpc) is 2.38. The van der Waals surface area contributed by atoms with Crippen LogP contribution in [0.15, 0.2) is 11.1 Å². The van der Waals surface area contributed by atoms with Gasteiger partial charge in [-0.25, -0.2) is 4.98 Å². The topological polar surface area (TPSA) is 95.5 Å². The zero-order valence-electron chi connectivity index (χ0n) is 11.0. The second kappa shape index (κ2) is 4.91. The first-order valence-electron chi connectivity index (χ1n) is 6.08. The Labute approximate surface area is 110 Å². The van der Waals surface area contributed by atoms with Gasteiger partial charge in [0.2, 0.25) is 5.75 Å². The summed E-state index contributed by atoms with van der Waals surface area (Å²) in [6.45, 7) is 2.69. The molecule has 7 nitrogen and oxygen atoms in total. The molecular weight excluding hydrogens is 250 g/mol. The van der Waals surface area contributed by atoms with Crippen molar-refractivity contribution in [3.8, 4) is 5.75 Å². The lowest BCUT2D eigenvalue weighted by atomic mass is 9.82. The van der Waals surface area contributed by atoms with Gasteiger partial charge in [0.25, 0.3) is 5.56 Å². The van der Waals surface area contributed by atoms with Crippen LogP contribution in [0.3, 0.4) is 0 Å². The normalized spacial score (nSPS) is 23.2. The number of piperidine rings is 1. The van der Waals surface area contributed by atoms with Crippen LogP contribution in [0.4, 0.5) is 5.82 Å². The molecule has 0 bridgehead atoms. The van der Waals surface area contributed by atoms with E-state index in [4.69, 9.17) is 4.74 Å². The minimum Gasteiger partial charge on any atom is -0.489 e. The van der Waals surface area contributed by atoms with Crippen LogP contribution in [0.1, 0.15) is 19.8 Å². The number of hydrogen-bond acceptors (Lipinski definition) is 5. The van der Waals surface area contributed by atoms with Gasteiger partial charge in [0.05, 0.1) is 18.9 Å². The summed E-state index contributed by atoms with van der Waals surface area (Å²) < 4.78 is 5.06. The Bertz CT molecular complexity index is 542. The molecule has 2 N–H and O–H groups in total. The van der Waals surface area contributed by atoms with Gasteiger partial charge in [-0.15, -0.1) is 0 Å². The van der Waals surface area contributed by atoms with E-state index >= 15 is 0 Å². The predicted octanol–water partition coefficient (Wildman–Crippen LogP) is 0.470. The van der Waals surface area contributed by atoms with E-state index in [1.54, 1.807) is 11.8 Å². The third-order valence-electron chi connectivity index (χ3n) is 3.51. The van der Waals surface area contributed by atoms with Gasteiger partial charge in [-0.3, -0.25) is 9.59 Å². The number of aromatic nitrogens is 2. The highest BCUT2D eigenvalue weighted by Gasteiger charge is 2.39. The largest absolute Gasteiger partial charge is 0.489 e. The number of nitrogens with zero attached hydrogens (tertiary/aromatic N) is 2. The number of rotatable bonds is 3.